The third-order valence-corrected chi connectivity index (χ3v) is 4.18. The lowest BCUT2D eigenvalue weighted by Crippen LogP contribution is -2.28. The molecule has 3 rings (SSSR count). The Morgan fingerprint density at radius 3 is 2.83 bits per heavy atom. The minimum atomic E-state index is 0.570. The van der Waals surface area contributed by atoms with Gasteiger partial charge < -0.3 is 10.2 Å². The van der Waals surface area contributed by atoms with Crippen molar-refractivity contribution in [2.24, 2.45) is 0 Å². The van der Waals surface area contributed by atoms with E-state index in [2.05, 4.69) is 19.0 Å². The van der Waals surface area contributed by atoms with Crippen LogP contribution in [-0.4, -0.2) is 34.9 Å². The molecule has 1 aromatic carbocycles. The number of hydrogen-bond donors (Lipinski definition) is 1. The van der Waals surface area contributed by atoms with Crippen LogP contribution in [0.3, 0.4) is 0 Å². The second kappa shape index (κ2) is 5.17. The Morgan fingerprint density at radius 2 is 1.94 bits per heavy atom. The van der Waals surface area contributed by atoms with Crippen LogP contribution in [0.15, 0.2) is 6.07 Å². The van der Waals surface area contributed by atoms with E-state index in [0.29, 0.717) is 10.0 Å². The average Bonchev–Trinajstić information content (AvgIpc) is 2.67. The van der Waals surface area contributed by atoms with Crippen molar-refractivity contribution in [2.75, 3.05) is 31.1 Å². The lowest BCUT2D eigenvalue weighted by molar-refractivity contribution is 0.724. The molecular weight excluding hydrogens is 291 g/mol. The normalized spacial score (nSPS) is 17.1. The van der Waals surface area contributed by atoms with E-state index in [-0.39, 0.29) is 0 Å². The van der Waals surface area contributed by atoms with Crippen LogP contribution in [0.1, 0.15) is 6.42 Å². The van der Waals surface area contributed by atoms with E-state index in [9.17, 15) is 0 Å². The lowest BCUT2D eigenvalue weighted by Gasteiger charge is -2.23. The monoisotopic (exact) mass is 302 g/mol. The van der Waals surface area contributed by atoms with Gasteiger partial charge in [-0.15, -0.1) is 0 Å². The van der Waals surface area contributed by atoms with Crippen molar-refractivity contribution >= 4 is 51.7 Å². The molecule has 1 aliphatic heterocycles. The van der Waals surface area contributed by atoms with Crippen LogP contribution >= 0.6 is 34.9 Å². The van der Waals surface area contributed by atoms with Gasteiger partial charge in [0, 0.05) is 19.6 Å². The first-order valence-corrected chi connectivity index (χ1v) is 7.32. The first kappa shape index (κ1) is 12.4. The fourth-order valence-electron chi connectivity index (χ4n) is 2.23. The summed E-state index contributed by atoms with van der Waals surface area (Å²) in [5, 5.41) is 4.60. The molecule has 0 unspecified atom stereocenters. The minimum Gasteiger partial charge on any atom is -0.367 e. The van der Waals surface area contributed by atoms with Crippen molar-refractivity contribution in [3.8, 4) is 0 Å². The van der Waals surface area contributed by atoms with Gasteiger partial charge in [0.2, 0.25) is 0 Å². The molecule has 0 bridgehead atoms. The van der Waals surface area contributed by atoms with Crippen LogP contribution < -0.4 is 10.2 Å². The fourth-order valence-corrected chi connectivity index (χ4v) is 3.46. The third-order valence-electron chi connectivity index (χ3n) is 3.08. The molecule has 0 aliphatic carbocycles. The number of rotatable bonds is 1. The van der Waals surface area contributed by atoms with Crippen molar-refractivity contribution in [3.05, 3.63) is 16.1 Å². The number of anilines is 1. The number of benzene rings is 1. The highest BCUT2D eigenvalue weighted by atomic mass is 35.5. The highest BCUT2D eigenvalue weighted by molar-refractivity contribution is 7.00. The molecule has 4 nitrogen and oxygen atoms in total. The summed E-state index contributed by atoms with van der Waals surface area (Å²) >= 11 is 13.7. The molecule has 2 heterocycles. The first-order chi connectivity index (χ1) is 8.77. The number of nitrogens with zero attached hydrogens (tertiary/aromatic N) is 3. The highest BCUT2D eigenvalue weighted by Gasteiger charge is 2.20. The molecule has 0 atom stereocenters. The van der Waals surface area contributed by atoms with Crippen LogP contribution in [-0.2, 0) is 0 Å². The van der Waals surface area contributed by atoms with Gasteiger partial charge in [-0.1, -0.05) is 23.2 Å². The molecular formula is C11H12Cl2N4S. The highest BCUT2D eigenvalue weighted by Crippen LogP contribution is 2.37. The molecule has 1 fully saturated rings. The molecule has 1 aromatic heterocycles. The first-order valence-electron chi connectivity index (χ1n) is 5.83. The van der Waals surface area contributed by atoms with Crippen LogP contribution in [0.4, 0.5) is 5.69 Å². The molecule has 1 aliphatic rings. The summed E-state index contributed by atoms with van der Waals surface area (Å²) in [6.45, 7) is 3.90. The van der Waals surface area contributed by atoms with Crippen LogP contribution in [0.25, 0.3) is 11.0 Å². The van der Waals surface area contributed by atoms with E-state index < -0.39 is 0 Å². The summed E-state index contributed by atoms with van der Waals surface area (Å²) in [5.41, 5.74) is 2.53. The van der Waals surface area contributed by atoms with E-state index in [1.807, 2.05) is 0 Å². The maximum Gasteiger partial charge on any atom is 0.131 e. The summed E-state index contributed by atoms with van der Waals surface area (Å²) in [6.07, 6.45) is 1.10. The summed E-state index contributed by atoms with van der Waals surface area (Å²) in [7, 11) is 0. The van der Waals surface area contributed by atoms with Gasteiger partial charge in [-0.05, 0) is 19.0 Å². The smallest absolute Gasteiger partial charge is 0.131 e. The van der Waals surface area contributed by atoms with Gasteiger partial charge in [0.1, 0.15) is 11.0 Å². The van der Waals surface area contributed by atoms with Crippen LogP contribution in [0.5, 0.6) is 0 Å². The molecule has 2 aromatic rings. The van der Waals surface area contributed by atoms with Gasteiger partial charge >= 0.3 is 0 Å². The average molecular weight is 303 g/mol. The van der Waals surface area contributed by atoms with Crippen LogP contribution in [0, 0.1) is 0 Å². The predicted molar refractivity (Wildman–Crippen MR) is 77.1 cm³/mol. The van der Waals surface area contributed by atoms with E-state index in [0.717, 1.165) is 49.3 Å². The van der Waals surface area contributed by atoms with Crippen molar-refractivity contribution < 1.29 is 0 Å². The molecule has 96 valence electrons. The Bertz CT molecular complexity index is 563. The predicted octanol–water partition coefficient (Wildman–Crippen LogP) is 2.80. The van der Waals surface area contributed by atoms with Gasteiger partial charge in [-0.25, -0.2) is 0 Å². The minimum absolute atomic E-state index is 0.570. The van der Waals surface area contributed by atoms with Gasteiger partial charge in [-0.2, -0.15) is 8.75 Å². The number of halogens is 2. The summed E-state index contributed by atoms with van der Waals surface area (Å²) < 4.78 is 8.58. The number of aromatic nitrogens is 2. The molecule has 7 heteroatoms. The van der Waals surface area contributed by atoms with Crippen molar-refractivity contribution in [1.82, 2.24) is 14.1 Å². The largest absolute Gasteiger partial charge is 0.367 e. The number of fused-ring (bicyclic) bond motifs is 1. The Hall–Kier alpha value is -0.620. The third kappa shape index (κ3) is 2.16. The summed E-state index contributed by atoms with van der Waals surface area (Å²) in [4.78, 5) is 2.27. The maximum absolute atomic E-state index is 6.34. The maximum atomic E-state index is 6.34. The number of hydrogen-bond acceptors (Lipinski definition) is 5. The summed E-state index contributed by atoms with van der Waals surface area (Å²) in [5.74, 6) is 0. The molecule has 0 radical (unpaired) electrons. The molecule has 1 saturated heterocycles. The summed E-state index contributed by atoms with van der Waals surface area (Å²) in [6, 6.07) is 1.76. The fraction of sp³-hybridized carbons (Fsp3) is 0.455. The Balaban J connectivity index is 2.12. The Morgan fingerprint density at radius 1 is 1.11 bits per heavy atom. The van der Waals surface area contributed by atoms with Gasteiger partial charge in [0.15, 0.2) is 0 Å². The molecule has 1 N–H and O–H groups in total. The van der Waals surface area contributed by atoms with E-state index in [4.69, 9.17) is 23.2 Å². The number of nitrogens with one attached hydrogen (secondary N) is 1. The van der Waals surface area contributed by atoms with E-state index in [1.165, 1.54) is 11.7 Å². The van der Waals surface area contributed by atoms with Gasteiger partial charge in [-0.3, -0.25) is 0 Å². The van der Waals surface area contributed by atoms with Crippen LogP contribution in [0.2, 0.25) is 10.0 Å². The lowest BCUT2D eigenvalue weighted by atomic mass is 10.2. The second-order valence-corrected chi connectivity index (χ2v) is 5.58. The van der Waals surface area contributed by atoms with E-state index >= 15 is 0 Å². The quantitative estimate of drug-likeness (QED) is 0.879. The van der Waals surface area contributed by atoms with Crippen molar-refractivity contribution in [2.45, 2.75) is 6.42 Å². The molecule has 18 heavy (non-hydrogen) atoms. The SMILES string of the molecule is Clc1cc(Cl)c2nsnc2c1N1CCCNCC1. The van der Waals surface area contributed by atoms with Gasteiger partial charge in [0.05, 0.1) is 27.5 Å². The zero-order valence-corrected chi connectivity index (χ0v) is 11.9. The van der Waals surface area contributed by atoms with E-state index in [1.54, 1.807) is 6.07 Å². The Labute approximate surface area is 119 Å². The topological polar surface area (TPSA) is 41.1 Å². The molecule has 0 spiro atoms. The standard InChI is InChI=1S/C11H12Cl2N4S/c12-7-6-8(13)11(10-9(7)15-18-16-10)17-4-1-2-14-3-5-17/h6,14H,1-5H2. The zero-order chi connectivity index (χ0) is 12.5. The second-order valence-electron chi connectivity index (χ2n) is 4.24. The Kier molecular flexibility index (Phi) is 3.56. The van der Waals surface area contributed by atoms with Crippen molar-refractivity contribution in [1.29, 1.82) is 0 Å². The van der Waals surface area contributed by atoms with Gasteiger partial charge in [0.25, 0.3) is 0 Å². The molecule has 0 amide bonds. The molecule has 0 saturated carbocycles. The zero-order valence-electron chi connectivity index (χ0n) is 9.62. The van der Waals surface area contributed by atoms with Crippen molar-refractivity contribution in [3.63, 3.8) is 0 Å².